The number of benzene rings is 2. The lowest BCUT2D eigenvalue weighted by Gasteiger charge is -2.17. The molecule has 0 saturated carbocycles. The molecule has 2 N–H and O–H groups in total. The van der Waals surface area contributed by atoms with Gasteiger partial charge in [-0.2, -0.15) is 0 Å². The van der Waals surface area contributed by atoms with Gasteiger partial charge in [0.2, 0.25) is 10.0 Å². The molecule has 2 rings (SSSR count). The van der Waals surface area contributed by atoms with Crippen LogP contribution in [0, 0.1) is 0 Å². The molecule has 0 heterocycles. The Bertz CT molecular complexity index is 805. The molecule has 2 aromatic carbocycles. The second kappa shape index (κ2) is 9.35. The molecule has 0 spiro atoms. The summed E-state index contributed by atoms with van der Waals surface area (Å²) in [7, 11) is -1.90. The highest BCUT2D eigenvalue weighted by molar-refractivity contribution is 7.88. The highest BCUT2D eigenvalue weighted by atomic mass is 32.2. The maximum absolute atomic E-state index is 12.3. The molecule has 0 aliphatic rings. The van der Waals surface area contributed by atoms with Gasteiger partial charge in [-0.15, -0.1) is 0 Å². The van der Waals surface area contributed by atoms with Gasteiger partial charge in [0.15, 0.2) is 6.10 Å². The predicted molar refractivity (Wildman–Crippen MR) is 101 cm³/mol. The van der Waals surface area contributed by atoms with Gasteiger partial charge in [0.25, 0.3) is 5.91 Å². The topological polar surface area (TPSA) is 84.5 Å². The van der Waals surface area contributed by atoms with Crippen molar-refractivity contribution in [2.24, 2.45) is 0 Å². The van der Waals surface area contributed by atoms with E-state index in [-0.39, 0.29) is 11.7 Å². The fourth-order valence-electron chi connectivity index (χ4n) is 2.33. The van der Waals surface area contributed by atoms with E-state index in [1.54, 1.807) is 24.3 Å². The van der Waals surface area contributed by atoms with Crippen molar-refractivity contribution in [1.82, 2.24) is 10.0 Å². The van der Waals surface area contributed by atoms with Crippen molar-refractivity contribution in [1.29, 1.82) is 0 Å². The molecule has 2 aromatic rings. The Labute approximate surface area is 154 Å². The summed E-state index contributed by atoms with van der Waals surface area (Å²) in [6.45, 7) is 2.25. The second-order valence-electron chi connectivity index (χ2n) is 5.83. The molecule has 1 unspecified atom stereocenters. The minimum Gasteiger partial charge on any atom is -0.481 e. The third kappa shape index (κ3) is 6.16. The first-order chi connectivity index (χ1) is 12.4. The summed E-state index contributed by atoms with van der Waals surface area (Å²) < 4.78 is 31.1. The van der Waals surface area contributed by atoms with Crippen LogP contribution in [0.25, 0.3) is 0 Å². The Hall–Kier alpha value is -2.38. The maximum atomic E-state index is 12.3. The van der Waals surface area contributed by atoms with E-state index in [0.29, 0.717) is 24.3 Å². The Morgan fingerprint density at radius 1 is 1.04 bits per heavy atom. The first-order valence-corrected chi connectivity index (χ1v) is 10.1. The molecular formula is C19H24N2O4S. The Morgan fingerprint density at radius 2 is 1.65 bits per heavy atom. The summed E-state index contributed by atoms with van der Waals surface area (Å²) in [5.41, 5.74) is 1.58. The van der Waals surface area contributed by atoms with Gasteiger partial charge >= 0.3 is 0 Å². The SMILES string of the molecule is CCC(Oc1ccccc1)C(=O)NCc1ccc(CS(=O)(=O)NC)cc1. The number of carbonyl (C=O) groups excluding carboxylic acids is 1. The number of nitrogens with one attached hydrogen (secondary N) is 2. The highest BCUT2D eigenvalue weighted by Crippen LogP contribution is 2.13. The first-order valence-electron chi connectivity index (χ1n) is 8.42. The lowest BCUT2D eigenvalue weighted by molar-refractivity contribution is -0.128. The average molecular weight is 376 g/mol. The van der Waals surface area contributed by atoms with Crippen LogP contribution in [-0.2, 0) is 27.1 Å². The van der Waals surface area contributed by atoms with Crippen LogP contribution in [0.3, 0.4) is 0 Å². The molecule has 0 fully saturated rings. The molecule has 0 radical (unpaired) electrons. The molecular weight excluding hydrogens is 352 g/mol. The third-order valence-electron chi connectivity index (χ3n) is 3.84. The van der Waals surface area contributed by atoms with Gasteiger partial charge in [-0.1, -0.05) is 49.4 Å². The van der Waals surface area contributed by atoms with Crippen molar-refractivity contribution < 1.29 is 17.9 Å². The van der Waals surface area contributed by atoms with E-state index in [1.807, 2.05) is 37.3 Å². The maximum Gasteiger partial charge on any atom is 0.261 e. The van der Waals surface area contributed by atoms with E-state index < -0.39 is 16.1 Å². The molecule has 140 valence electrons. The third-order valence-corrected chi connectivity index (χ3v) is 5.18. The van der Waals surface area contributed by atoms with Crippen LogP contribution in [0.2, 0.25) is 0 Å². The Balaban J connectivity index is 1.89. The fraction of sp³-hybridized carbons (Fsp3) is 0.316. The molecule has 0 aliphatic heterocycles. The zero-order chi connectivity index (χ0) is 19.0. The van der Waals surface area contributed by atoms with E-state index in [2.05, 4.69) is 10.0 Å². The van der Waals surface area contributed by atoms with Gasteiger partial charge in [-0.3, -0.25) is 4.79 Å². The number of hydrogen-bond donors (Lipinski definition) is 2. The molecule has 0 aliphatic carbocycles. The van der Waals surface area contributed by atoms with Crippen LogP contribution in [0.4, 0.5) is 0 Å². The van der Waals surface area contributed by atoms with E-state index in [9.17, 15) is 13.2 Å². The van der Waals surface area contributed by atoms with Crippen molar-refractivity contribution >= 4 is 15.9 Å². The number of amides is 1. The van der Waals surface area contributed by atoms with Crippen LogP contribution in [0.1, 0.15) is 24.5 Å². The predicted octanol–water partition coefficient (Wildman–Crippen LogP) is 2.21. The summed E-state index contributed by atoms with van der Waals surface area (Å²) in [5, 5.41) is 2.85. The molecule has 26 heavy (non-hydrogen) atoms. The zero-order valence-corrected chi connectivity index (χ0v) is 15.8. The van der Waals surface area contributed by atoms with E-state index in [1.165, 1.54) is 7.05 Å². The van der Waals surface area contributed by atoms with Crippen LogP contribution < -0.4 is 14.8 Å². The fourth-order valence-corrected chi connectivity index (χ4v) is 3.11. The van der Waals surface area contributed by atoms with Gasteiger partial charge < -0.3 is 10.1 Å². The first kappa shape index (κ1) is 19.9. The molecule has 0 saturated heterocycles. The standard InChI is InChI=1S/C19H24N2O4S/c1-3-18(25-17-7-5-4-6-8-17)19(22)21-13-15-9-11-16(12-10-15)14-26(23,24)20-2/h4-12,18,20H,3,13-14H2,1-2H3,(H,21,22). The largest absolute Gasteiger partial charge is 0.481 e. The van der Waals surface area contributed by atoms with Crippen molar-refractivity contribution in [2.45, 2.75) is 31.7 Å². The van der Waals surface area contributed by atoms with E-state index >= 15 is 0 Å². The van der Waals surface area contributed by atoms with E-state index in [0.717, 1.165) is 5.56 Å². The van der Waals surface area contributed by atoms with Crippen molar-refractivity contribution in [3.05, 3.63) is 65.7 Å². The summed E-state index contributed by atoms with van der Waals surface area (Å²) in [5.74, 6) is 0.404. The minimum atomic E-state index is -3.29. The number of ether oxygens (including phenoxy) is 1. The molecule has 1 atom stereocenters. The van der Waals surface area contributed by atoms with Gasteiger partial charge in [0, 0.05) is 6.54 Å². The summed E-state index contributed by atoms with van der Waals surface area (Å²) in [6.07, 6.45) is -0.000835. The zero-order valence-electron chi connectivity index (χ0n) is 14.9. The van der Waals surface area contributed by atoms with E-state index in [4.69, 9.17) is 4.74 Å². The van der Waals surface area contributed by atoms with Crippen molar-refractivity contribution in [2.75, 3.05) is 7.05 Å². The van der Waals surface area contributed by atoms with Gasteiger partial charge in [-0.25, -0.2) is 13.1 Å². The number of carbonyl (C=O) groups is 1. The number of rotatable bonds is 9. The molecule has 1 amide bonds. The minimum absolute atomic E-state index is 0.0705. The Kier molecular flexibility index (Phi) is 7.17. The van der Waals surface area contributed by atoms with Gasteiger partial charge in [0.05, 0.1) is 5.75 Å². The average Bonchev–Trinajstić information content (AvgIpc) is 2.66. The summed E-state index contributed by atoms with van der Waals surface area (Å²) in [4.78, 5) is 12.3. The van der Waals surface area contributed by atoms with Crippen LogP contribution in [0.5, 0.6) is 5.75 Å². The normalized spacial score (nSPS) is 12.4. The quantitative estimate of drug-likeness (QED) is 0.703. The van der Waals surface area contributed by atoms with Crippen LogP contribution in [-0.4, -0.2) is 27.5 Å². The molecule has 6 nitrogen and oxygen atoms in total. The number of hydrogen-bond acceptors (Lipinski definition) is 4. The number of para-hydroxylation sites is 1. The highest BCUT2D eigenvalue weighted by Gasteiger charge is 2.18. The van der Waals surface area contributed by atoms with Crippen LogP contribution >= 0.6 is 0 Å². The lowest BCUT2D eigenvalue weighted by atomic mass is 10.1. The summed E-state index contributed by atoms with van der Waals surface area (Å²) >= 11 is 0. The van der Waals surface area contributed by atoms with Crippen molar-refractivity contribution in [3.8, 4) is 5.75 Å². The Morgan fingerprint density at radius 3 is 2.23 bits per heavy atom. The molecule has 7 heteroatoms. The van der Waals surface area contributed by atoms with Crippen molar-refractivity contribution in [3.63, 3.8) is 0 Å². The smallest absolute Gasteiger partial charge is 0.261 e. The van der Waals surface area contributed by atoms with Gasteiger partial charge in [0.1, 0.15) is 5.75 Å². The molecule has 0 bridgehead atoms. The molecule has 0 aromatic heterocycles. The van der Waals surface area contributed by atoms with Gasteiger partial charge in [-0.05, 0) is 36.7 Å². The summed E-state index contributed by atoms with van der Waals surface area (Å²) in [6, 6.07) is 16.3. The van der Waals surface area contributed by atoms with Crippen LogP contribution in [0.15, 0.2) is 54.6 Å². The second-order valence-corrected chi connectivity index (χ2v) is 7.75. The lowest BCUT2D eigenvalue weighted by Crippen LogP contribution is -2.37. The number of sulfonamides is 1. The monoisotopic (exact) mass is 376 g/mol.